The molecule has 4 heterocycles. The van der Waals surface area contributed by atoms with Crippen molar-refractivity contribution in [1.82, 2.24) is 24.6 Å². The molecule has 3 aromatic heterocycles. The van der Waals surface area contributed by atoms with Gasteiger partial charge in [0.15, 0.2) is 5.82 Å². The van der Waals surface area contributed by atoms with E-state index in [9.17, 15) is 0 Å². The largest absolute Gasteiger partial charge is 0.456 e. The Morgan fingerprint density at radius 1 is 0.838 bits per heavy atom. The second kappa shape index (κ2) is 9.09. The third-order valence-electron chi connectivity index (χ3n) is 6.59. The third-order valence-corrected chi connectivity index (χ3v) is 6.59. The van der Waals surface area contributed by atoms with Crippen LogP contribution >= 0.6 is 0 Å². The number of ether oxygens (including phenoxy) is 1. The molecule has 5 aromatic rings. The fourth-order valence-electron chi connectivity index (χ4n) is 5.01. The molecular formula is C30H28N6O. The zero-order chi connectivity index (χ0) is 25.5. The molecule has 7 heteroatoms. The molecule has 0 atom stereocenters. The van der Waals surface area contributed by atoms with Gasteiger partial charge in [-0.15, -0.1) is 0 Å². The lowest BCUT2D eigenvalue weighted by Crippen LogP contribution is -2.21. The van der Waals surface area contributed by atoms with Crippen molar-refractivity contribution in [2.24, 2.45) is 0 Å². The first-order chi connectivity index (χ1) is 17.9. The van der Waals surface area contributed by atoms with E-state index in [2.05, 4.69) is 89.4 Å². The molecule has 37 heavy (non-hydrogen) atoms. The third kappa shape index (κ3) is 4.40. The molecule has 0 unspecified atom stereocenters. The van der Waals surface area contributed by atoms with Gasteiger partial charge >= 0.3 is 0 Å². The van der Waals surface area contributed by atoms with Crippen molar-refractivity contribution < 1.29 is 4.74 Å². The van der Waals surface area contributed by atoms with Gasteiger partial charge in [0.25, 0.3) is 0 Å². The fourth-order valence-corrected chi connectivity index (χ4v) is 5.01. The monoisotopic (exact) mass is 488 g/mol. The van der Waals surface area contributed by atoms with E-state index in [1.807, 2.05) is 41.2 Å². The van der Waals surface area contributed by atoms with Crippen molar-refractivity contribution in [2.75, 3.05) is 18.6 Å². The minimum Gasteiger partial charge on any atom is -0.456 e. The number of benzene rings is 2. The quantitative estimate of drug-likeness (QED) is 0.286. The fraction of sp³-hybridized carbons (Fsp3) is 0.167. The number of aromatic nitrogens is 4. The van der Waals surface area contributed by atoms with E-state index in [1.54, 1.807) is 12.4 Å². The summed E-state index contributed by atoms with van der Waals surface area (Å²) in [5, 5.41) is 4.60. The van der Waals surface area contributed by atoms with E-state index in [1.165, 1.54) is 22.3 Å². The van der Waals surface area contributed by atoms with Crippen LogP contribution in [0.5, 0.6) is 11.5 Å². The molecule has 0 saturated carbocycles. The maximum Gasteiger partial charge on any atom is 0.154 e. The summed E-state index contributed by atoms with van der Waals surface area (Å²) in [5.74, 6) is 2.12. The number of nitrogens with zero attached hydrogens (tertiary/aromatic N) is 6. The summed E-state index contributed by atoms with van der Waals surface area (Å²) in [6.07, 6.45) is 9.43. The second-order valence-corrected chi connectivity index (χ2v) is 9.57. The molecule has 0 radical (unpaired) electrons. The number of pyridine rings is 2. The van der Waals surface area contributed by atoms with Crippen LogP contribution in [0.25, 0.3) is 28.0 Å². The number of hydrogen-bond donors (Lipinski definition) is 0. The molecule has 6 rings (SSSR count). The lowest BCUT2D eigenvalue weighted by molar-refractivity contribution is 0.479. The first kappa shape index (κ1) is 22.8. The van der Waals surface area contributed by atoms with E-state index in [0.717, 1.165) is 40.5 Å². The van der Waals surface area contributed by atoms with Crippen LogP contribution in [-0.4, -0.2) is 38.4 Å². The topological polar surface area (TPSA) is 59.3 Å². The van der Waals surface area contributed by atoms with Crippen molar-refractivity contribution in [3.05, 3.63) is 102 Å². The average molecular weight is 489 g/mol. The molecule has 0 spiro atoms. The van der Waals surface area contributed by atoms with Crippen LogP contribution in [0.3, 0.4) is 0 Å². The van der Waals surface area contributed by atoms with Gasteiger partial charge in [-0.3, -0.25) is 0 Å². The van der Waals surface area contributed by atoms with Crippen molar-refractivity contribution in [1.29, 1.82) is 0 Å². The van der Waals surface area contributed by atoms with Crippen molar-refractivity contribution in [3.8, 4) is 28.4 Å². The Kier molecular flexibility index (Phi) is 5.60. The van der Waals surface area contributed by atoms with Crippen molar-refractivity contribution in [3.63, 3.8) is 0 Å². The lowest BCUT2D eigenvalue weighted by Gasteiger charge is -2.18. The highest BCUT2D eigenvalue weighted by Gasteiger charge is 2.14. The van der Waals surface area contributed by atoms with Crippen LogP contribution in [0.15, 0.2) is 85.6 Å². The van der Waals surface area contributed by atoms with Gasteiger partial charge in [0.2, 0.25) is 0 Å². The van der Waals surface area contributed by atoms with Crippen LogP contribution in [0.1, 0.15) is 16.7 Å². The highest BCUT2D eigenvalue weighted by molar-refractivity contribution is 5.78. The van der Waals surface area contributed by atoms with Gasteiger partial charge in [-0.1, -0.05) is 23.8 Å². The molecule has 0 fully saturated rings. The second-order valence-electron chi connectivity index (χ2n) is 9.57. The summed E-state index contributed by atoms with van der Waals surface area (Å²) in [4.78, 5) is 13.5. The zero-order valence-electron chi connectivity index (χ0n) is 21.4. The van der Waals surface area contributed by atoms with Gasteiger partial charge in [0, 0.05) is 43.5 Å². The van der Waals surface area contributed by atoms with Crippen LogP contribution in [0.4, 0.5) is 5.69 Å². The lowest BCUT2D eigenvalue weighted by atomic mass is 9.94. The number of fused-ring (bicyclic) bond motifs is 1. The van der Waals surface area contributed by atoms with Gasteiger partial charge in [0.1, 0.15) is 17.0 Å². The van der Waals surface area contributed by atoms with E-state index < -0.39 is 0 Å². The molecule has 0 saturated heterocycles. The van der Waals surface area contributed by atoms with Gasteiger partial charge in [0.05, 0.1) is 24.6 Å². The Hall–Kier alpha value is -4.65. The minimum atomic E-state index is 0.641. The smallest absolute Gasteiger partial charge is 0.154 e. The number of aryl methyl sites for hydroxylation is 3. The maximum absolute atomic E-state index is 6.22. The Morgan fingerprint density at radius 3 is 2.46 bits per heavy atom. The van der Waals surface area contributed by atoms with Gasteiger partial charge in [-0.05, 0) is 67.3 Å². The summed E-state index contributed by atoms with van der Waals surface area (Å²) < 4.78 is 8.04. The summed E-state index contributed by atoms with van der Waals surface area (Å²) >= 11 is 0. The SMILES string of the molecule is Cc1cc(C)c(-c2ccnc(-n3ncc4ncc(Oc5cccc(N6C=CN(C)C6)c5)cc43)c2)c(C)c1. The van der Waals surface area contributed by atoms with E-state index >= 15 is 0 Å². The Morgan fingerprint density at radius 2 is 1.68 bits per heavy atom. The highest BCUT2D eigenvalue weighted by atomic mass is 16.5. The molecule has 1 aliphatic rings. The molecule has 0 N–H and O–H groups in total. The maximum atomic E-state index is 6.22. The summed E-state index contributed by atoms with van der Waals surface area (Å²) in [7, 11) is 2.05. The van der Waals surface area contributed by atoms with Gasteiger partial charge in [-0.25, -0.2) is 14.6 Å². The molecule has 0 aliphatic carbocycles. The van der Waals surface area contributed by atoms with E-state index in [-0.39, 0.29) is 0 Å². The van der Waals surface area contributed by atoms with Gasteiger partial charge in [-0.2, -0.15) is 5.10 Å². The van der Waals surface area contributed by atoms with E-state index in [0.29, 0.717) is 5.75 Å². The van der Waals surface area contributed by atoms with Crippen LogP contribution in [0, 0.1) is 20.8 Å². The van der Waals surface area contributed by atoms with Crippen molar-refractivity contribution in [2.45, 2.75) is 20.8 Å². The molecule has 184 valence electrons. The van der Waals surface area contributed by atoms with Crippen LogP contribution in [-0.2, 0) is 0 Å². The molecule has 0 amide bonds. The Balaban J connectivity index is 1.33. The number of hydrogen-bond acceptors (Lipinski definition) is 6. The van der Waals surface area contributed by atoms with Gasteiger partial charge < -0.3 is 14.5 Å². The van der Waals surface area contributed by atoms with Crippen LogP contribution < -0.4 is 9.64 Å². The summed E-state index contributed by atoms with van der Waals surface area (Å²) in [5.41, 5.74) is 8.78. The predicted molar refractivity (Wildman–Crippen MR) is 147 cm³/mol. The normalized spacial score (nSPS) is 13.1. The van der Waals surface area contributed by atoms with E-state index in [4.69, 9.17) is 4.74 Å². The molecule has 0 bridgehead atoms. The summed E-state index contributed by atoms with van der Waals surface area (Å²) in [6, 6.07) is 18.6. The zero-order valence-corrected chi connectivity index (χ0v) is 21.4. The first-order valence-corrected chi connectivity index (χ1v) is 12.3. The molecule has 2 aromatic carbocycles. The Bertz CT molecular complexity index is 1630. The summed E-state index contributed by atoms with van der Waals surface area (Å²) in [6.45, 7) is 7.24. The standard InChI is InChI=1S/C30H28N6O/c1-20-12-21(2)30(22(3)13-20)23-8-9-31-29(14-23)36-28-16-26(17-32-27(28)18-33-36)37-25-7-5-6-24(15-25)35-11-10-34(4)19-35/h5-18H,19H2,1-4H3. The Labute approximate surface area is 216 Å². The molecular weight excluding hydrogens is 460 g/mol. The van der Waals surface area contributed by atoms with Crippen LogP contribution in [0.2, 0.25) is 0 Å². The average Bonchev–Trinajstić information content (AvgIpc) is 3.50. The first-order valence-electron chi connectivity index (χ1n) is 12.3. The predicted octanol–water partition coefficient (Wildman–Crippen LogP) is 6.38. The highest BCUT2D eigenvalue weighted by Crippen LogP contribution is 2.31. The number of rotatable bonds is 5. The molecule has 1 aliphatic heterocycles. The van der Waals surface area contributed by atoms with Crippen molar-refractivity contribution >= 4 is 16.7 Å². The molecule has 7 nitrogen and oxygen atoms in total. The number of anilines is 1. The minimum absolute atomic E-state index is 0.641.